The number of unbranched alkanes of at least 4 members (excludes halogenated alkanes) is 1. The Kier molecular flexibility index (Phi) is 4.42. The number of hydrogen-bond acceptors (Lipinski definition) is 2. The summed E-state index contributed by atoms with van der Waals surface area (Å²) in [5.41, 5.74) is 7.84. The minimum atomic E-state index is 0.289. The van der Waals surface area contributed by atoms with Gasteiger partial charge >= 0.3 is 0 Å². The molecule has 1 aromatic rings. The van der Waals surface area contributed by atoms with Gasteiger partial charge in [-0.3, -0.25) is 0 Å². The largest absolute Gasteiger partial charge is 0.323 e. The Morgan fingerprint density at radius 1 is 1.31 bits per heavy atom. The van der Waals surface area contributed by atoms with Crippen LogP contribution < -0.4 is 5.73 Å². The first-order chi connectivity index (χ1) is 7.81. The van der Waals surface area contributed by atoms with Gasteiger partial charge in [-0.2, -0.15) is 0 Å². The van der Waals surface area contributed by atoms with Gasteiger partial charge in [0.2, 0.25) is 0 Å². The Bertz CT molecular complexity index is 306. The maximum Gasteiger partial charge on any atom is 0.0389 e. The summed E-state index contributed by atoms with van der Waals surface area (Å²) in [5.74, 6) is 0. The SMILES string of the molecule is CCCCC(N)c1cc2c(s1)CCCCC2. The minimum Gasteiger partial charge on any atom is -0.323 e. The van der Waals surface area contributed by atoms with Crippen molar-refractivity contribution in [1.29, 1.82) is 0 Å². The van der Waals surface area contributed by atoms with Crippen LogP contribution in [-0.2, 0) is 12.8 Å². The van der Waals surface area contributed by atoms with Crippen LogP contribution in [0.4, 0.5) is 0 Å². The van der Waals surface area contributed by atoms with Gasteiger partial charge in [0.25, 0.3) is 0 Å². The second-order valence-electron chi connectivity index (χ2n) is 4.91. The van der Waals surface area contributed by atoms with Crippen molar-refractivity contribution in [2.45, 2.75) is 64.3 Å². The number of rotatable bonds is 4. The average molecular weight is 237 g/mol. The standard InChI is InChI=1S/C14H23NS/c1-2-3-8-12(15)14-10-11-7-5-4-6-9-13(11)16-14/h10,12H,2-9,15H2,1H3. The molecule has 0 saturated carbocycles. The van der Waals surface area contributed by atoms with E-state index in [1.54, 1.807) is 10.4 Å². The highest BCUT2D eigenvalue weighted by atomic mass is 32.1. The summed E-state index contributed by atoms with van der Waals surface area (Å²) >= 11 is 1.98. The predicted molar refractivity (Wildman–Crippen MR) is 72.0 cm³/mol. The molecule has 0 bridgehead atoms. The Labute approximate surface area is 103 Å². The molecule has 90 valence electrons. The molecule has 0 aliphatic heterocycles. The molecule has 16 heavy (non-hydrogen) atoms. The Morgan fingerprint density at radius 3 is 2.94 bits per heavy atom. The van der Waals surface area contributed by atoms with Crippen molar-refractivity contribution in [2.75, 3.05) is 0 Å². The van der Waals surface area contributed by atoms with Crippen LogP contribution in [0.2, 0.25) is 0 Å². The van der Waals surface area contributed by atoms with E-state index in [0.29, 0.717) is 0 Å². The van der Waals surface area contributed by atoms with Crippen molar-refractivity contribution in [2.24, 2.45) is 5.73 Å². The summed E-state index contributed by atoms with van der Waals surface area (Å²) < 4.78 is 0. The molecular formula is C14H23NS. The summed E-state index contributed by atoms with van der Waals surface area (Å²) in [6.07, 6.45) is 10.4. The minimum absolute atomic E-state index is 0.289. The van der Waals surface area contributed by atoms with Crippen LogP contribution >= 0.6 is 11.3 Å². The molecule has 1 aliphatic rings. The van der Waals surface area contributed by atoms with Crippen molar-refractivity contribution in [3.63, 3.8) is 0 Å². The van der Waals surface area contributed by atoms with Crippen LogP contribution in [0.15, 0.2) is 6.07 Å². The van der Waals surface area contributed by atoms with Crippen molar-refractivity contribution < 1.29 is 0 Å². The third-order valence-corrected chi connectivity index (χ3v) is 4.87. The maximum atomic E-state index is 6.24. The fraction of sp³-hybridized carbons (Fsp3) is 0.714. The first kappa shape index (κ1) is 12.1. The zero-order valence-corrected chi connectivity index (χ0v) is 11.1. The van der Waals surface area contributed by atoms with Crippen LogP contribution in [0.5, 0.6) is 0 Å². The molecule has 0 radical (unpaired) electrons. The molecule has 0 saturated heterocycles. The molecule has 2 rings (SSSR count). The van der Waals surface area contributed by atoms with Crippen LogP contribution in [-0.4, -0.2) is 0 Å². The number of aryl methyl sites for hydroxylation is 2. The lowest BCUT2D eigenvalue weighted by Crippen LogP contribution is -2.07. The van der Waals surface area contributed by atoms with Crippen molar-refractivity contribution in [3.05, 3.63) is 21.4 Å². The molecule has 0 aromatic carbocycles. The zero-order chi connectivity index (χ0) is 11.4. The third-order valence-electron chi connectivity index (χ3n) is 3.50. The predicted octanol–water partition coefficient (Wildman–Crippen LogP) is 4.21. The molecule has 1 aromatic heterocycles. The molecular weight excluding hydrogens is 214 g/mol. The summed E-state index contributed by atoms with van der Waals surface area (Å²) in [4.78, 5) is 3.06. The summed E-state index contributed by atoms with van der Waals surface area (Å²) in [7, 11) is 0. The lowest BCUT2D eigenvalue weighted by atomic mass is 10.1. The maximum absolute atomic E-state index is 6.24. The number of thiophene rings is 1. The van der Waals surface area contributed by atoms with Crippen LogP contribution in [0.25, 0.3) is 0 Å². The lowest BCUT2D eigenvalue weighted by Gasteiger charge is -2.07. The van der Waals surface area contributed by atoms with E-state index in [4.69, 9.17) is 5.73 Å². The molecule has 1 aliphatic carbocycles. The molecule has 2 N–H and O–H groups in total. The van der Waals surface area contributed by atoms with Crippen LogP contribution in [0.3, 0.4) is 0 Å². The first-order valence-electron chi connectivity index (χ1n) is 6.68. The normalized spacial score (nSPS) is 17.9. The van der Waals surface area contributed by atoms with Crippen LogP contribution in [0, 0.1) is 0 Å². The first-order valence-corrected chi connectivity index (χ1v) is 7.50. The third kappa shape index (κ3) is 2.86. The van der Waals surface area contributed by atoms with Crippen molar-refractivity contribution >= 4 is 11.3 Å². The molecule has 1 unspecified atom stereocenters. The fourth-order valence-electron chi connectivity index (χ4n) is 2.44. The highest BCUT2D eigenvalue weighted by molar-refractivity contribution is 7.12. The van der Waals surface area contributed by atoms with Gasteiger partial charge in [-0.05, 0) is 43.7 Å². The monoisotopic (exact) mass is 237 g/mol. The summed E-state index contributed by atoms with van der Waals surface area (Å²) in [5, 5.41) is 0. The highest BCUT2D eigenvalue weighted by Gasteiger charge is 2.15. The van der Waals surface area contributed by atoms with Gasteiger partial charge in [-0.25, -0.2) is 0 Å². The molecule has 0 spiro atoms. The Hall–Kier alpha value is -0.340. The van der Waals surface area contributed by atoms with E-state index >= 15 is 0 Å². The topological polar surface area (TPSA) is 26.0 Å². The molecule has 0 amide bonds. The van der Waals surface area contributed by atoms with E-state index in [1.807, 2.05) is 11.3 Å². The number of nitrogens with two attached hydrogens (primary N) is 1. The van der Waals surface area contributed by atoms with E-state index in [-0.39, 0.29) is 6.04 Å². The van der Waals surface area contributed by atoms with Gasteiger partial charge in [-0.15, -0.1) is 11.3 Å². The molecule has 1 atom stereocenters. The molecule has 2 heteroatoms. The van der Waals surface area contributed by atoms with Gasteiger partial charge in [0, 0.05) is 15.8 Å². The number of fused-ring (bicyclic) bond motifs is 1. The van der Waals surface area contributed by atoms with E-state index in [1.165, 1.54) is 49.8 Å². The second kappa shape index (κ2) is 5.83. The zero-order valence-electron chi connectivity index (χ0n) is 10.3. The Balaban J connectivity index is 2.05. The lowest BCUT2D eigenvalue weighted by molar-refractivity contribution is 0.610. The second-order valence-corrected chi connectivity index (χ2v) is 6.07. The van der Waals surface area contributed by atoms with Crippen LogP contribution in [0.1, 0.15) is 66.8 Å². The van der Waals surface area contributed by atoms with Gasteiger partial charge in [0.15, 0.2) is 0 Å². The summed E-state index contributed by atoms with van der Waals surface area (Å²) in [6.45, 7) is 2.23. The van der Waals surface area contributed by atoms with E-state index in [0.717, 1.165) is 6.42 Å². The smallest absolute Gasteiger partial charge is 0.0389 e. The van der Waals surface area contributed by atoms with E-state index in [2.05, 4.69) is 13.0 Å². The van der Waals surface area contributed by atoms with E-state index in [9.17, 15) is 0 Å². The molecule has 1 nitrogen and oxygen atoms in total. The molecule has 1 heterocycles. The van der Waals surface area contributed by atoms with Crippen molar-refractivity contribution in [1.82, 2.24) is 0 Å². The Morgan fingerprint density at radius 2 is 2.12 bits per heavy atom. The average Bonchev–Trinajstić information content (AvgIpc) is 2.58. The van der Waals surface area contributed by atoms with Gasteiger partial charge < -0.3 is 5.73 Å². The van der Waals surface area contributed by atoms with Gasteiger partial charge in [0.05, 0.1) is 0 Å². The van der Waals surface area contributed by atoms with Crippen molar-refractivity contribution in [3.8, 4) is 0 Å². The number of hydrogen-bond donors (Lipinski definition) is 1. The van der Waals surface area contributed by atoms with Gasteiger partial charge in [0.1, 0.15) is 0 Å². The molecule has 0 fully saturated rings. The summed E-state index contributed by atoms with van der Waals surface area (Å²) in [6, 6.07) is 2.68. The quantitative estimate of drug-likeness (QED) is 0.780. The van der Waals surface area contributed by atoms with E-state index < -0.39 is 0 Å². The highest BCUT2D eigenvalue weighted by Crippen LogP contribution is 2.32. The van der Waals surface area contributed by atoms with Gasteiger partial charge in [-0.1, -0.05) is 26.2 Å². The fourth-order valence-corrected chi connectivity index (χ4v) is 3.73.